The first-order valence-electron chi connectivity index (χ1n) is 7.17. The van der Waals surface area contributed by atoms with E-state index < -0.39 is 0 Å². The molecule has 1 unspecified atom stereocenters. The summed E-state index contributed by atoms with van der Waals surface area (Å²) < 4.78 is 2.05. The molecule has 3 N–H and O–H groups in total. The molecular formula is C16H17N5. The van der Waals surface area contributed by atoms with Crippen LogP contribution < -0.4 is 11.1 Å². The van der Waals surface area contributed by atoms with E-state index in [9.17, 15) is 0 Å². The number of hydrogen-bond acceptors (Lipinski definition) is 4. The molecule has 1 aromatic carbocycles. The summed E-state index contributed by atoms with van der Waals surface area (Å²) >= 11 is 0. The summed E-state index contributed by atoms with van der Waals surface area (Å²) in [5, 5.41) is 9.23. The number of nitrogen functional groups attached to an aromatic ring is 1. The molecule has 0 bridgehead atoms. The van der Waals surface area contributed by atoms with Crippen LogP contribution in [0.5, 0.6) is 0 Å². The molecule has 3 aromatic rings. The predicted molar refractivity (Wildman–Crippen MR) is 84.4 cm³/mol. The van der Waals surface area contributed by atoms with Gasteiger partial charge in [-0.2, -0.15) is 0 Å². The monoisotopic (exact) mass is 279 g/mol. The quantitative estimate of drug-likeness (QED) is 0.672. The minimum atomic E-state index is 0.208. The Morgan fingerprint density at radius 2 is 2.19 bits per heavy atom. The summed E-state index contributed by atoms with van der Waals surface area (Å²) in [5.74, 6) is 1.05. The minimum Gasteiger partial charge on any atom is -0.399 e. The molecule has 0 saturated heterocycles. The first-order valence-corrected chi connectivity index (χ1v) is 7.17. The van der Waals surface area contributed by atoms with Crippen LogP contribution in [0.3, 0.4) is 0 Å². The summed E-state index contributed by atoms with van der Waals surface area (Å²) in [6.45, 7) is 2.91. The number of pyridine rings is 1. The van der Waals surface area contributed by atoms with Crippen LogP contribution in [-0.4, -0.2) is 21.3 Å². The van der Waals surface area contributed by atoms with Crippen LogP contribution in [0.1, 0.15) is 23.7 Å². The Labute approximate surface area is 122 Å². The molecule has 106 valence electrons. The van der Waals surface area contributed by atoms with E-state index in [1.54, 1.807) is 0 Å². The van der Waals surface area contributed by atoms with Gasteiger partial charge in [0.25, 0.3) is 0 Å². The summed E-state index contributed by atoms with van der Waals surface area (Å²) in [7, 11) is 0. The molecule has 0 spiro atoms. The topological polar surface area (TPSA) is 68.8 Å². The highest BCUT2D eigenvalue weighted by Crippen LogP contribution is 2.34. The fraction of sp³-hybridized carbons (Fsp3) is 0.250. The van der Waals surface area contributed by atoms with Crippen molar-refractivity contribution in [3.63, 3.8) is 0 Å². The van der Waals surface area contributed by atoms with Crippen molar-refractivity contribution in [3.8, 4) is 0 Å². The van der Waals surface area contributed by atoms with Crippen molar-refractivity contribution in [2.75, 3.05) is 17.6 Å². The molecule has 1 atom stereocenters. The Hall–Kier alpha value is -2.56. The fourth-order valence-corrected chi connectivity index (χ4v) is 3.01. The molecule has 2 aromatic heterocycles. The van der Waals surface area contributed by atoms with Crippen molar-refractivity contribution in [3.05, 3.63) is 47.7 Å². The van der Waals surface area contributed by atoms with Gasteiger partial charge in [-0.05, 0) is 43.2 Å². The Morgan fingerprint density at radius 3 is 3.05 bits per heavy atom. The number of benzene rings is 1. The van der Waals surface area contributed by atoms with Crippen LogP contribution in [0, 0.1) is 6.92 Å². The lowest BCUT2D eigenvalue weighted by molar-refractivity contribution is 0.485. The van der Waals surface area contributed by atoms with E-state index in [0.717, 1.165) is 41.2 Å². The maximum Gasteiger partial charge on any atom is 0.183 e. The third-order valence-corrected chi connectivity index (χ3v) is 4.00. The van der Waals surface area contributed by atoms with Gasteiger partial charge in [0, 0.05) is 17.9 Å². The summed E-state index contributed by atoms with van der Waals surface area (Å²) in [5.41, 5.74) is 9.69. The molecule has 5 heteroatoms. The van der Waals surface area contributed by atoms with Gasteiger partial charge in [-0.1, -0.05) is 12.1 Å². The first kappa shape index (κ1) is 12.2. The molecule has 0 fully saturated rings. The maximum atomic E-state index is 5.92. The highest BCUT2D eigenvalue weighted by Gasteiger charge is 2.25. The van der Waals surface area contributed by atoms with Crippen molar-refractivity contribution in [1.82, 2.24) is 14.8 Å². The molecule has 0 saturated carbocycles. The lowest BCUT2D eigenvalue weighted by Crippen LogP contribution is -2.24. The molecule has 0 radical (unpaired) electrons. The maximum absolute atomic E-state index is 5.92. The lowest BCUT2D eigenvalue weighted by Gasteiger charge is -2.26. The number of aromatic nitrogens is 3. The van der Waals surface area contributed by atoms with E-state index in [0.29, 0.717) is 0 Å². The Bertz CT molecular complexity index is 821. The standard InChI is InChI=1S/C16H17N5/c1-10-5-6-13-15(19-10)20-21-14(7-8-18-16(13)21)11-3-2-4-12(17)9-11/h2-6,9,14,18H,7-8,17H2,1H3. The number of nitrogens with one attached hydrogen (secondary N) is 1. The number of aryl methyl sites for hydroxylation is 1. The summed E-state index contributed by atoms with van der Waals surface area (Å²) in [6, 6.07) is 12.4. The third kappa shape index (κ3) is 1.93. The molecule has 0 amide bonds. The number of hydrogen-bond donors (Lipinski definition) is 2. The van der Waals surface area contributed by atoms with Gasteiger partial charge in [0.05, 0.1) is 11.4 Å². The average Bonchev–Trinajstić information content (AvgIpc) is 2.84. The number of nitrogens with two attached hydrogens (primary N) is 1. The van der Waals surface area contributed by atoms with Gasteiger partial charge in [-0.3, -0.25) is 0 Å². The summed E-state index contributed by atoms with van der Waals surface area (Å²) in [4.78, 5) is 4.53. The van der Waals surface area contributed by atoms with Gasteiger partial charge in [-0.15, -0.1) is 5.10 Å². The molecule has 1 aliphatic rings. The van der Waals surface area contributed by atoms with E-state index in [1.807, 2.05) is 31.2 Å². The highest BCUT2D eigenvalue weighted by atomic mass is 15.4. The Morgan fingerprint density at radius 1 is 1.29 bits per heavy atom. The molecule has 1 aliphatic heterocycles. The normalized spacial score (nSPS) is 17.5. The largest absolute Gasteiger partial charge is 0.399 e. The zero-order chi connectivity index (χ0) is 14.4. The SMILES string of the molecule is Cc1ccc2c3n(nc2n1)C(c1cccc(N)c1)CCN3. The van der Waals surface area contributed by atoms with Crippen molar-refractivity contribution < 1.29 is 0 Å². The van der Waals surface area contributed by atoms with E-state index in [-0.39, 0.29) is 6.04 Å². The number of nitrogens with zero attached hydrogens (tertiary/aromatic N) is 3. The zero-order valence-corrected chi connectivity index (χ0v) is 11.9. The zero-order valence-electron chi connectivity index (χ0n) is 11.9. The van der Waals surface area contributed by atoms with Crippen molar-refractivity contribution in [2.24, 2.45) is 0 Å². The van der Waals surface area contributed by atoms with E-state index in [1.165, 1.54) is 5.56 Å². The second-order valence-electron chi connectivity index (χ2n) is 5.52. The van der Waals surface area contributed by atoms with E-state index in [4.69, 9.17) is 10.8 Å². The Kier molecular flexibility index (Phi) is 2.60. The molecule has 21 heavy (non-hydrogen) atoms. The smallest absolute Gasteiger partial charge is 0.183 e. The molecule has 3 heterocycles. The second-order valence-corrected chi connectivity index (χ2v) is 5.52. The van der Waals surface area contributed by atoms with Gasteiger partial charge in [-0.25, -0.2) is 9.67 Å². The third-order valence-electron chi connectivity index (χ3n) is 4.00. The van der Waals surface area contributed by atoms with Crippen molar-refractivity contribution in [1.29, 1.82) is 0 Å². The van der Waals surface area contributed by atoms with Crippen LogP contribution in [0.4, 0.5) is 11.5 Å². The fourth-order valence-electron chi connectivity index (χ4n) is 3.01. The average molecular weight is 279 g/mol. The minimum absolute atomic E-state index is 0.208. The first-order chi connectivity index (χ1) is 10.2. The van der Waals surface area contributed by atoms with Crippen LogP contribution in [0.25, 0.3) is 11.0 Å². The molecule has 5 nitrogen and oxygen atoms in total. The van der Waals surface area contributed by atoms with E-state index >= 15 is 0 Å². The Balaban J connectivity index is 1.90. The van der Waals surface area contributed by atoms with Gasteiger partial charge in [0.2, 0.25) is 0 Å². The highest BCUT2D eigenvalue weighted by molar-refractivity contribution is 5.88. The predicted octanol–water partition coefficient (Wildman–Crippen LogP) is 2.73. The van der Waals surface area contributed by atoms with Crippen molar-refractivity contribution in [2.45, 2.75) is 19.4 Å². The van der Waals surface area contributed by atoms with E-state index in [2.05, 4.69) is 27.1 Å². The number of rotatable bonds is 1. The van der Waals surface area contributed by atoms with Crippen LogP contribution >= 0.6 is 0 Å². The van der Waals surface area contributed by atoms with Gasteiger partial charge >= 0.3 is 0 Å². The van der Waals surface area contributed by atoms with Gasteiger partial charge in [0.1, 0.15) is 5.82 Å². The molecule has 0 aliphatic carbocycles. The van der Waals surface area contributed by atoms with Gasteiger partial charge < -0.3 is 11.1 Å². The summed E-state index contributed by atoms with van der Waals surface area (Å²) in [6.07, 6.45) is 0.990. The van der Waals surface area contributed by atoms with Crippen LogP contribution in [-0.2, 0) is 0 Å². The number of anilines is 2. The second kappa shape index (κ2) is 4.48. The molecular weight excluding hydrogens is 262 g/mol. The molecule has 4 rings (SSSR count). The lowest BCUT2D eigenvalue weighted by atomic mass is 10.0. The van der Waals surface area contributed by atoms with Crippen molar-refractivity contribution >= 4 is 22.5 Å². The number of fused-ring (bicyclic) bond motifs is 3. The van der Waals surface area contributed by atoms with Crippen LogP contribution in [0.15, 0.2) is 36.4 Å². The van der Waals surface area contributed by atoms with Gasteiger partial charge in [0.15, 0.2) is 5.65 Å². The van der Waals surface area contributed by atoms with Crippen LogP contribution in [0.2, 0.25) is 0 Å².